The molecule has 7 nitrogen and oxygen atoms in total. The maximum Gasteiger partial charge on any atom is 0.321 e. The van der Waals surface area contributed by atoms with E-state index in [0.29, 0.717) is 36.9 Å². The first-order chi connectivity index (χ1) is 12.6. The Bertz CT molecular complexity index is 652. The molecule has 0 spiro atoms. The summed E-state index contributed by atoms with van der Waals surface area (Å²) in [5, 5.41) is 6.01. The Kier molecular flexibility index (Phi) is 5.85. The summed E-state index contributed by atoms with van der Waals surface area (Å²) in [5.41, 5.74) is 0.670. The maximum atomic E-state index is 12.5. The summed E-state index contributed by atoms with van der Waals surface area (Å²) in [7, 11) is 1.59. The number of nitrogens with one attached hydrogen (secondary N) is 2. The zero-order chi connectivity index (χ0) is 18.5. The van der Waals surface area contributed by atoms with Gasteiger partial charge in [-0.1, -0.05) is 0 Å². The molecule has 0 atom stereocenters. The number of anilines is 1. The van der Waals surface area contributed by atoms with E-state index in [9.17, 15) is 9.59 Å². The minimum atomic E-state index is -0.135. The van der Waals surface area contributed by atoms with Gasteiger partial charge in [-0.15, -0.1) is 0 Å². The number of amides is 3. The Morgan fingerprint density at radius 1 is 1.15 bits per heavy atom. The molecule has 26 heavy (non-hydrogen) atoms. The number of urea groups is 1. The smallest absolute Gasteiger partial charge is 0.321 e. The van der Waals surface area contributed by atoms with Gasteiger partial charge in [-0.25, -0.2) is 4.79 Å². The first-order valence-corrected chi connectivity index (χ1v) is 9.27. The molecule has 1 heterocycles. The molecule has 0 bridgehead atoms. The van der Waals surface area contributed by atoms with Crippen LogP contribution in [-0.4, -0.2) is 49.7 Å². The van der Waals surface area contributed by atoms with Gasteiger partial charge in [-0.2, -0.15) is 0 Å². The van der Waals surface area contributed by atoms with Gasteiger partial charge in [-0.05, 0) is 44.7 Å². The van der Waals surface area contributed by atoms with E-state index in [-0.39, 0.29) is 23.9 Å². The van der Waals surface area contributed by atoms with Crippen LogP contribution in [0.4, 0.5) is 10.5 Å². The fraction of sp³-hybridized carbons (Fsp3) is 0.579. The lowest BCUT2D eigenvalue weighted by Crippen LogP contribution is -2.48. The molecule has 1 saturated carbocycles. The van der Waals surface area contributed by atoms with Crippen LogP contribution >= 0.6 is 0 Å². The van der Waals surface area contributed by atoms with Crippen LogP contribution in [0.3, 0.4) is 0 Å². The molecule has 2 N–H and O–H groups in total. The molecule has 1 aromatic carbocycles. The largest absolute Gasteiger partial charge is 0.493 e. The molecule has 2 aliphatic rings. The fourth-order valence-corrected chi connectivity index (χ4v) is 3.12. The quantitative estimate of drug-likeness (QED) is 0.816. The first-order valence-electron chi connectivity index (χ1n) is 9.27. The third-order valence-electron chi connectivity index (χ3n) is 4.79. The van der Waals surface area contributed by atoms with E-state index >= 15 is 0 Å². The molecule has 1 aromatic rings. The highest BCUT2D eigenvalue weighted by Crippen LogP contribution is 2.31. The van der Waals surface area contributed by atoms with E-state index in [1.165, 1.54) is 0 Å². The number of hydrogen-bond acceptors (Lipinski definition) is 4. The van der Waals surface area contributed by atoms with Crippen molar-refractivity contribution in [3.63, 3.8) is 0 Å². The molecule has 1 saturated heterocycles. The number of rotatable bonds is 6. The van der Waals surface area contributed by atoms with Crippen molar-refractivity contribution in [2.45, 2.75) is 38.6 Å². The van der Waals surface area contributed by atoms with Gasteiger partial charge in [0.05, 0.1) is 13.7 Å². The van der Waals surface area contributed by atoms with Gasteiger partial charge in [0, 0.05) is 36.8 Å². The number of methoxy groups -OCH3 is 1. The third-order valence-corrected chi connectivity index (χ3v) is 4.79. The minimum Gasteiger partial charge on any atom is -0.493 e. The Morgan fingerprint density at radius 3 is 2.50 bits per heavy atom. The molecule has 3 amide bonds. The molecule has 2 fully saturated rings. The number of carbonyl (C=O) groups excluding carboxylic acids is 2. The second-order valence-corrected chi connectivity index (χ2v) is 6.77. The topological polar surface area (TPSA) is 79.9 Å². The van der Waals surface area contributed by atoms with Gasteiger partial charge in [0.25, 0.3) is 0 Å². The molecule has 0 unspecified atom stereocenters. The summed E-state index contributed by atoms with van der Waals surface area (Å²) < 4.78 is 10.8. The van der Waals surface area contributed by atoms with Gasteiger partial charge in [0.1, 0.15) is 0 Å². The van der Waals surface area contributed by atoms with Crippen LogP contribution in [0, 0.1) is 5.92 Å². The highest BCUT2D eigenvalue weighted by atomic mass is 16.5. The van der Waals surface area contributed by atoms with Gasteiger partial charge in [0.2, 0.25) is 5.91 Å². The predicted octanol–water partition coefficient (Wildman–Crippen LogP) is 2.62. The van der Waals surface area contributed by atoms with Crippen molar-refractivity contribution in [1.82, 2.24) is 10.2 Å². The molecule has 1 aliphatic carbocycles. The molecular formula is C19H27N3O4. The number of ether oxygens (including phenoxy) is 2. The lowest BCUT2D eigenvalue weighted by atomic mass is 10.1. The first kappa shape index (κ1) is 18.4. The van der Waals surface area contributed by atoms with E-state index in [2.05, 4.69) is 10.6 Å². The van der Waals surface area contributed by atoms with Crippen LogP contribution in [0.15, 0.2) is 18.2 Å². The van der Waals surface area contributed by atoms with Crippen LogP contribution in [0.5, 0.6) is 11.5 Å². The molecule has 1 aliphatic heterocycles. The number of nitrogens with zero attached hydrogens (tertiary/aromatic N) is 1. The summed E-state index contributed by atoms with van der Waals surface area (Å²) in [6.45, 7) is 3.69. The molecule has 0 aromatic heterocycles. The average molecular weight is 361 g/mol. The van der Waals surface area contributed by atoms with E-state index in [0.717, 1.165) is 25.7 Å². The van der Waals surface area contributed by atoms with E-state index in [1.807, 2.05) is 6.92 Å². The Morgan fingerprint density at radius 2 is 1.88 bits per heavy atom. The molecule has 3 rings (SSSR count). The Labute approximate surface area is 154 Å². The zero-order valence-corrected chi connectivity index (χ0v) is 15.4. The summed E-state index contributed by atoms with van der Waals surface area (Å²) in [6, 6.07) is 5.38. The lowest BCUT2D eigenvalue weighted by molar-refractivity contribution is -0.123. The molecule has 142 valence electrons. The van der Waals surface area contributed by atoms with Crippen molar-refractivity contribution in [1.29, 1.82) is 0 Å². The number of benzene rings is 1. The van der Waals surface area contributed by atoms with Gasteiger partial charge < -0.3 is 25.0 Å². The van der Waals surface area contributed by atoms with Gasteiger partial charge >= 0.3 is 6.03 Å². The monoisotopic (exact) mass is 361 g/mol. The molecule has 0 radical (unpaired) electrons. The van der Waals surface area contributed by atoms with E-state index in [1.54, 1.807) is 30.2 Å². The normalized spacial score (nSPS) is 17.5. The van der Waals surface area contributed by atoms with Crippen LogP contribution < -0.4 is 20.1 Å². The fourth-order valence-electron chi connectivity index (χ4n) is 3.12. The third kappa shape index (κ3) is 4.59. The number of hydrogen-bond donors (Lipinski definition) is 2. The van der Waals surface area contributed by atoms with Crippen molar-refractivity contribution in [3.8, 4) is 11.5 Å². The lowest BCUT2D eigenvalue weighted by Gasteiger charge is -2.32. The van der Waals surface area contributed by atoms with Crippen molar-refractivity contribution < 1.29 is 19.1 Å². The summed E-state index contributed by atoms with van der Waals surface area (Å²) >= 11 is 0. The van der Waals surface area contributed by atoms with Gasteiger partial charge in [0.15, 0.2) is 11.5 Å². The van der Waals surface area contributed by atoms with Crippen LogP contribution in [0.25, 0.3) is 0 Å². The van der Waals surface area contributed by atoms with E-state index < -0.39 is 0 Å². The van der Waals surface area contributed by atoms with Crippen LogP contribution in [0.2, 0.25) is 0 Å². The number of carbonyl (C=O) groups is 2. The number of likely N-dealkylation sites (tertiary alicyclic amines) is 1. The second-order valence-electron chi connectivity index (χ2n) is 6.77. The highest BCUT2D eigenvalue weighted by molar-refractivity contribution is 5.89. The summed E-state index contributed by atoms with van der Waals surface area (Å²) in [6.07, 6.45) is 3.61. The minimum absolute atomic E-state index is 0.135. The Hall–Kier alpha value is -2.44. The zero-order valence-electron chi connectivity index (χ0n) is 15.4. The Balaban J connectivity index is 1.50. The van der Waals surface area contributed by atoms with Gasteiger partial charge in [-0.3, -0.25) is 4.79 Å². The van der Waals surface area contributed by atoms with Crippen molar-refractivity contribution in [2.24, 2.45) is 5.92 Å². The highest BCUT2D eigenvalue weighted by Gasteiger charge is 2.32. The standard InChI is InChI=1S/C19H27N3O4/c1-3-26-17-12-15(6-7-16(17)25-2)21-19(24)22-10-8-14(9-11-22)20-18(23)13-4-5-13/h6-7,12-14H,3-5,8-11H2,1-2H3,(H,20,23)(H,21,24). The molecule has 7 heteroatoms. The second kappa shape index (κ2) is 8.29. The summed E-state index contributed by atoms with van der Waals surface area (Å²) in [4.78, 5) is 26.1. The van der Waals surface area contributed by atoms with Crippen LogP contribution in [0.1, 0.15) is 32.6 Å². The van der Waals surface area contributed by atoms with Crippen molar-refractivity contribution in [2.75, 3.05) is 32.1 Å². The molecular weight excluding hydrogens is 334 g/mol. The summed E-state index contributed by atoms with van der Waals surface area (Å²) in [5.74, 6) is 1.65. The predicted molar refractivity (Wildman–Crippen MR) is 98.6 cm³/mol. The number of piperidine rings is 1. The van der Waals surface area contributed by atoms with Crippen molar-refractivity contribution >= 4 is 17.6 Å². The van der Waals surface area contributed by atoms with Crippen molar-refractivity contribution in [3.05, 3.63) is 18.2 Å². The maximum absolute atomic E-state index is 12.5. The van der Waals surface area contributed by atoms with Crippen LogP contribution in [-0.2, 0) is 4.79 Å². The average Bonchev–Trinajstić information content (AvgIpc) is 3.48. The SMILES string of the molecule is CCOc1cc(NC(=O)N2CCC(NC(=O)C3CC3)CC2)ccc1OC. The van der Waals surface area contributed by atoms with E-state index in [4.69, 9.17) is 9.47 Å².